The van der Waals surface area contributed by atoms with E-state index in [1.54, 1.807) is 0 Å². The zero-order valence-corrected chi connectivity index (χ0v) is 14.1. The third kappa shape index (κ3) is 5.71. The topological polar surface area (TPSA) is 43.2 Å². The number of nitrogens with zero attached hydrogens (tertiary/aromatic N) is 2. The van der Waals surface area contributed by atoms with Crippen LogP contribution in [0.15, 0.2) is 9.98 Å². The van der Waals surface area contributed by atoms with Crippen molar-refractivity contribution in [2.45, 2.75) is 78.4 Å². The average molecular weight is 284 g/mol. The van der Waals surface area contributed by atoms with Crippen LogP contribution in [0.4, 0.5) is 0 Å². The van der Waals surface area contributed by atoms with Gasteiger partial charge in [0, 0.05) is 25.5 Å². The Kier molecular flexibility index (Phi) is 9.68. The van der Waals surface area contributed by atoms with E-state index in [4.69, 9.17) is 9.78 Å². The monoisotopic (exact) mass is 284 g/mol. The summed E-state index contributed by atoms with van der Waals surface area (Å²) < 4.78 is 0. The van der Waals surface area contributed by atoms with Gasteiger partial charge in [-0.05, 0) is 39.5 Å². The highest BCUT2D eigenvalue weighted by molar-refractivity contribution is 5.69. The maximum absolute atomic E-state index is 5.83. The van der Waals surface area contributed by atoms with Gasteiger partial charge >= 0.3 is 0 Å². The Morgan fingerprint density at radius 2 is 0.950 bits per heavy atom. The minimum Gasteiger partial charge on any atom is -0.295 e. The van der Waals surface area contributed by atoms with E-state index >= 15 is 0 Å². The van der Waals surface area contributed by atoms with Crippen LogP contribution in [-0.2, 0) is 9.78 Å². The van der Waals surface area contributed by atoms with E-state index in [1.807, 2.05) is 26.3 Å². The van der Waals surface area contributed by atoms with Crippen LogP contribution in [0.1, 0.15) is 67.2 Å². The molecule has 0 radical (unpaired) electrons. The van der Waals surface area contributed by atoms with Gasteiger partial charge in [-0.15, -0.1) is 0 Å². The summed E-state index contributed by atoms with van der Waals surface area (Å²) in [5.74, 6) is 0. The van der Waals surface area contributed by atoms with E-state index < -0.39 is 11.2 Å². The second-order valence-corrected chi connectivity index (χ2v) is 4.97. The van der Waals surface area contributed by atoms with Crippen molar-refractivity contribution in [2.24, 2.45) is 9.98 Å². The lowest BCUT2D eigenvalue weighted by Gasteiger charge is -2.33. The summed E-state index contributed by atoms with van der Waals surface area (Å²) in [5.41, 5.74) is -0.878. The maximum Gasteiger partial charge on any atom is 0.137 e. The molecule has 0 saturated heterocycles. The summed E-state index contributed by atoms with van der Waals surface area (Å²) in [4.78, 5) is 20.3. The Hall–Kier alpha value is -0.740. The molecule has 4 heteroatoms. The first-order valence-electron chi connectivity index (χ1n) is 7.96. The van der Waals surface area contributed by atoms with Crippen molar-refractivity contribution >= 4 is 12.4 Å². The summed E-state index contributed by atoms with van der Waals surface area (Å²) in [7, 11) is 0. The van der Waals surface area contributed by atoms with Crippen LogP contribution in [-0.4, -0.2) is 36.7 Å². The number of hydrogen-bond donors (Lipinski definition) is 0. The summed E-state index contributed by atoms with van der Waals surface area (Å²) in [6.07, 6.45) is 7.12. The fourth-order valence-corrected chi connectivity index (χ4v) is 1.83. The molecule has 0 amide bonds. The molecule has 0 rings (SSSR count). The first-order valence-corrected chi connectivity index (χ1v) is 7.96. The molecule has 0 aromatic carbocycles. The molecule has 4 nitrogen and oxygen atoms in total. The van der Waals surface area contributed by atoms with E-state index in [0.29, 0.717) is 0 Å². The van der Waals surface area contributed by atoms with Gasteiger partial charge in [-0.2, -0.15) is 0 Å². The Morgan fingerprint density at radius 1 is 0.650 bits per heavy atom. The molecule has 0 aromatic rings. The maximum atomic E-state index is 5.83. The van der Waals surface area contributed by atoms with Gasteiger partial charge in [-0.25, -0.2) is 9.78 Å². The van der Waals surface area contributed by atoms with Crippen LogP contribution >= 0.6 is 0 Å². The fraction of sp³-hybridized carbons (Fsp3) is 0.875. The molecule has 0 bridgehead atoms. The summed E-state index contributed by atoms with van der Waals surface area (Å²) in [6.45, 7) is 13.9. The highest BCUT2D eigenvalue weighted by Crippen LogP contribution is 2.25. The third-order valence-corrected chi connectivity index (χ3v) is 3.79. The second kappa shape index (κ2) is 10.1. The molecule has 0 fully saturated rings. The molecule has 0 unspecified atom stereocenters. The van der Waals surface area contributed by atoms with Crippen molar-refractivity contribution in [2.75, 3.05) is 13.1 Å². The fourth-order valence-electron chi connectivity index (χ4n) is 1.83. The Morgan fingerprint density at radius 3 is 1.15 bits per heavy atom. The van der Waals surface area contributed by atoms with E-state index in [0.717, 1.165) is 38.8 Å². The predicted octanol–water partition coefficient (Wildman–Crippen LogP) is 4.23. The SMILES string of the molecule is CCN=CC(CC)(CC)OOC(C=NCC)(CC)CC. The lowest BCUT2D eigenvalue weighted by molar-refractivity contribution is -0.383. The highest BCUT2D eigenvalue weighted by atomic mass is 17.2. The number of hydrogen-bond acceptors (Lipinski definition) is 4. The minimum atomic E-state index is -0.439. The molecular formula is C16H32N2O2. The van der Waals surface area contributed by atoms with Crippen molar-refractivity contribution in [3.05, 3.63) is 0 Å². The minimum absolute atomic E-state index is 0.439. The van der Waals surface area contributed by atoms with Gasteiger partial charge in [-0.3, -0.25) is 9.98 Å². The van der Waals surface area contributed by atoms with Gasteiger partial charge in [0.05, 0.1) is 0 Å². The Labute approximate surface area is 124 Å². The van der Waals surface area contributed by atoms with Gasteiger partial charge in [0.1, 0.15) is 11.2 Å². The molecule has 0 atom stereocenters. The molecule has 0 aliphatic rings. The smallest absolute Gasteiger partial charge is 0.137 e. The summed E-state index contributed by atoms with van der Waals surface area (Å²) >= 11 is 0. The molecule has 20 heavy (non-hydrogen) atoms. The first-order chi connectivity index (χ1) is 9.57. The summed E-state index contributed by atoms with van der Waals surface area (Å²) in [5, 5.41) is 0. The molecule has 0 aliphatic heterocycles. The van der Waals surface area contributed by atoms with Gasteiger partial charge < -0.3 is 0 Å². The zero-order valence-electron chi connectivity index (χ0n) is 14.1. The molecular weight excluding hydrogens is 252 g/mol. The van der Waals surface area contributed by atoms with E-state index in [9.17, 15) is 0 Å². The molecule has 0 aliphatic carbocycles. The van der Waals surface area contributed by atoms with E-state index in [1.165, 1.54) is 0 Å². The first kappa shape index (κ1) is 19.3. The average Bonchev–Trinajstić information content (AvgIpc) is 2.51. The quantitative estimate of drug-likeness (QED) is 0.324. The lowest BCUT2D eigenvalue weighted by Crippen LogP contribution is -2.41. The molecule has 118 valence electrons. The summed E-state index contributed by atoms with van der Waals surface area (Å²) in [6, 6.07) is 0. The van der Waals surface area contributed by atoms with Crippen molar-refractivity contribution in [1.29, 1.82) is 0 Å². The van der Waals surface area contributed by atoms with Crippen LogP contribution < -0.4 is 0 Å². The van der Waals surface area contributed by atoms with Crippen molar-refractivity contribution in [3.8, 4) is 0 Å². The van der Waals surface area contributed by atoms with Crippen LogP contribution in [0.5, 0.6) is 0 Å². The van der Waals surface area contributed by atoms with Crippen LogP contribution in [0.3, 0.4) is 0 Å². The largest absolute Gasteiger partial charge is 0.295 e. The van der Waals surface area contributed by atoms with Gasteiger partial charge in [0.2, 0.25) is 0 Å². The Balaban J connectivity index is 4.95. The predicted molar refractivity (Wildman–Crippen MR) is 86.9 cm³/mol. The number of rotatable bonds is 11. The van der Waals surface area contributed by atoms with Gasteiger partial charge in [0.25, 0.3) is 0 Å². The zero-order chi connectivity index (χ0) is 15.5. The van der Waals surface area contributed by atoms with Gasteiger partial charge in [0.15, 0.2) is 0 Å². The highest BCUT2D eigenvalue weighted by Gasteiger charge is 2.33. The molecule has 0 aromatic heterocycles. The van der Waals surface area contributed by atoms with E-state index in [-0.39, 0.29) is 0 Å². The van der Waals surface area contributed by atoms with Crippen molar-refractivity contribution in [1.82, 2.24) is 0 Å². The number of aliphatic imine (C=N–C) groups is 2. The standard InChI is InChI=1S/C16H32N2O2/c1-7-15(8-2,13-17-11-5)19-20-16(9-3,10-4)14-18-12-6/h13-14H,7-12H2,1-6H3. The van der Waals surface area contributed by atoms with E-state index in [2.05, 4.69) is 37.7 Å². The van der Waals surface area contributed by atoms with Crippen LogP contribution in [0.25, 0.3) is 0 Å². The van der Waals surface area contributed by atoms with Crippen LogP contribution in [0.2, 0.25) is 0 Å². The molecule has 0 spiro atoms. The third-order valence-electron chi connectivity index (χ3n) is 3.79. The van der Waals surface area contributed by atoms with Gasteiger partial charge in [-0.1, -0.05) is 27.7 Å². The molecule has 0 N–H and O–H groups in total. The lowest BCUT2D eigenvalue weighted by atomic mass is 9.98. The van der Waals surface area contributed by atoms with Crippen LogP contribution in [0, 0.1) is 0 Å². The molecule has 0 heterocycles. The Bertz CT molecular complexity index is 263. The van der Waals surface area contributed by atoms with Crippen molar-refractivity contribution in [3.63, 3.8) is 0 Å². The van der Waals surface area contributed by atoms with Crippen molar-refractivity contribution < 1.29 is 9.78 Å². The normalized spacial score (nSPS) is 13.7. The second-order valence-electron chi connectivity index (χ2n) is 4.97. The molecule has 0 saturated carbocycles.